The summed E-state index contributed by atoms with van der Waals surface area (Å²) < 4.78 is 30.8. The molecule has 1 atom stereocenters. The molecule has 0 saturated heterocycles. The number of nitrogens with zero attached hydrogens (tertiary/aromatic N) is 2. The fraction of sp³-hybridized carbons (Fsp3) is 0.278. The Labute approximate surface area is 148 Å². The summed E-state index contributed by atoms with van der Waals surface area (Å²) in [6.45, 7) is 1.58. The van der Waals surface area contributed by atoms with E-state index in [-0.39, 0.29) is 5.91 Å². The molecule has 2 aromatic rings. The SMILES string of the molecule is COc1ccc(N([C@H](C)C(=O)N(C)c2ccccc2)S(C)(=O)=O)cc1. The van der Waals surface area contributed by atoms with Gasteiger partial charge in [0.25, 0.3) is 0 Å². The van der Waals surface area contributed by atoms with Crippen molar-refractivity contribution >= 4 is 27.3 Å². The van der Waals surface area contributed by atoms with Crippen LogP contribution in [0.3, 0.4) is 0 Å². The van der Waals surface area contributed by atoms with Crippen molar-refractivity contribution < 1.29 is 17.9 Å². The predicted molar refractivity (Wildman–Crippen MR) is 99.6 cm³/mol. The van der Waals surface area contributed by atoms with E-state index in [1.807, 2.05) is 18.2 Å². The topological polar surface area (TPSA) is 66.9 Å². The first-order valence-corrected chi connectivity index (χ1v) is 9.56. The van der Waals surface area contributed by atoms with Crippen LogP contribution in [-0.2, 0) is 14.8 Å². The van der Waals surface area contributed by atoms with E-state index < -0.39 is 16.1 Å². The molecule has 25 heavy (non-hydrogen) atoms. The molecule has 0 unspecified atom stereocenters. The van der Waals surface area contributed by atoms with E-state index in [4.69, 9.17) is 4.74 Å². The van der Waals surface area contributed by atoms with E-state index in [9.17, 15) is 13.2 Å². The van der Waals surface area contributed by atoms with Gasteiger partial charge in [0.1, 0.15) is 11.8 Å². The number of anilines is 2. The van der Waals surface area contributed by atoms with Crippen molar-refractivity contribution in [1.29, 1.82) is 0 Å². The molecule has 0 radical (unpaired) electrons. The van der Waals surface area contributed by atoms with E-state index in [0.717, 1.165) is 10.6 Å². The second-order valence-corrected chi connectivity index (χ2v) is 7.53. The van der Waals surface area contributed by atoms with Crippen molar-refractivity contribution in [3.63, 3.8) is 0 Å². The van der Waals surface area contributed by atoms with Crippen LogP contribution in [0.5, 0.6) is 5.75 Å². The van der Waals surface area contributed by atoms with E-state index in [1.54, 1.807) is 50.4 Å². The van der Waals surface area contributed by atoms with Gasteiger partial charge in [-0.2, -0.15) is 0 Å². The van der Waals surface area contributed by atoms with E-state index in [0.29, 0.717) is 17.1 Å². The molecule has 0 aromatic heterocycles. The average molecular weight is 362 g/mol. The molecular weight excluding hydrogens is 340 g/mol. The zero-order valence-electron chi connectivity index (χ0n) is 14.7. The molecule has 6 nitrogen and oxygen atoms in total. The maximum atomic E-state index is 12.8. The molecule has 0 aliphatic carbocycles. The van der Waals surface area contributed by atoms with Gasteiger partial charge in [0.15, 0.2) is 0 Å². The van der Waals surface area contributed by atoms with Crippen LogP contribution in [0.2, 0.25) is 0 Å². The summed E-state index contributed by atoms with van der Waals surface area (Å²) >= 11 is 0. The summed E-state index contributed by atoms with van der Waals surface area (Å²) in [6, 6.07) is 14.7. The van der Waals surface area contributed by atoms with Crippen molar-refractivity contribution in [3.05, 3.63) is 54.6 Å². The smallest absolute Gasteiger partial charge is 0.250 e. The van der Waals surface area contributed by atoms with Crippen LogP contribution in [0, 0.1) is 0 Å². The highest BCUT2D eigenvalue weighted by atomic mass is 32.2. The summed E-state index contributed by atoms with van der Waals surface area (Å²) in [4.78, 5) is 14.3. The first kappa shape index (κ1) is 18.8. The summed E-state index contributed by atoms with van der Waals surface area (Å²) in [7, 11) is -0.493. The van der Waals surface area contributed by atoms with Crippen LogP contribution in [0.15, 0.2) is 54.6 Å². The standard InChI is InChI=1S/C18H22N2O4S/c1-14(18(21)19(2)15-8-6-5-7-9-15)20(25(4,22)23)16-10-12-17(24-3)13-11-16/h5-14H,1-4H3/t14-/m1/s1. The Morgan fingerprint density at radius 2 is 1.56 bits per heavy atom. The number of carbonyl (C=O) groups excluding carboxylic acids is 1. The number of benzene rings is 2. The van der Waals surface area contributed by atoms with Gasteiger partial charge in [-0.3, -0.25) is 9.10 Å². The number of methoxy groups -OCH3 is 1. The Kier molecular flexibility index (Phi) is 5.69. The van der Waals surface area contributed by atoms with Gasteiger partial charge in [-0.1, -0.05) is 18.2 Å². The Hall–Kier alpha value is -2.54. The fourth-order valence-corrected chi connectivity index (χ4v) is 3.76. The summed E-state index contributed by atoms with van der Waals surface area (Å²) in [5.41, 5.74) is 1.10. The van der Waals surface area contributed by atoms with Crippen molar-refractivity contribution in [2.45, 2.75) is 13.0 Å². The first-order valence-electron chi connectivity index (χ1n) is 7.71. The monoisotopic (exact) mass is 362 g/mol. The summed E-state index contributed by atoms with van der Waals surface area (Å²) in [5, 5.41) is 0. The van der Waals surface area contributed by atoms with Gasteiger partial charge < -0.3 is 9.64 Å². The van der Waals surface area contributed by atoms with Gasteiger partial charge in [-0.05, 0) is 43.3 Å². The third kappa shape index (κ3) is 4.30. The molecular formula is C18H22N2O4S. The number of carbonyl (C=O) groups is 1. The van der Waals surface area contributed by atoms with E-state index in [2.05, 4.69) is 0 Å². The number of ether oxygens (including phenoxy) is 1. The van der Waals surface area contributed by atoms with Crippen molar-refractivity contribution in [2.24, 2.45) is 0 Å². The van der Waals surface area contributed by atoms with Gasteiger partial charge in [-0.15, -0.1) is 0 Å². The normalized spacial score (nSPS) is 12.3. The molecule has 0 fully saturated rings. The number of sulfonamides is 1. The molecule has 1 amide bonds. The van der Waals surface area contributed by atoms with Crippen LogP contribution in [0.25, 0.3) is 0 Å². The highest BCUT2D eigenvalue weighted by molar-refractivity contribution is 7.92. The van der Waals surface area contributed by atoms with Crippen LogP contribution < -0.4 is 13.9 Å². The molecule has 0 aliphatic rings. The van der Waals surface area contributed by atoms with Crippen molar-refractivity contribution in [2.75, 3.05) is 29.6 Å². The van der Waals surface area contributed by atoms with E-state index in [1.165, 1.54) is 12.0 Å². The quantitative estimate of drug-likeness (QED) is 0.792. The molecule has 0 heterocycles. The number of likely N-dealkylation sites (N-methyl/N-ethyl adjacent to an activating group) is 1. The van der Waals surface area contributed by atoms with Gasteiger partial charge in [0.05, 0.1) is 19.1 Å². The van der Waals surface area contributed by atoms with Gasteiger partial charge in [0.2, 0.25) is 15.9 Å². The van der Waals surface area contributed by atoms with Gasteiger partial charge in [0, 0.05) is 12.7 Å². The lowest BCUT2D eigenvalue weighted by Crippen LogP contribution is -2.48. The molecule has 0 aliphatic heterocycles. The number of hydrogen-bond donors (Lipinski definition) is 0. The minimum atomic E-state index is -3.65. The van der Waals surface area contributed by atoms with Crippen molar-refractivity contribution in [1.82, 2.24) is 0 Å². The van der Waals surface area contributed by atoms with Crippen LogP contribution in [0.4, 0.5) is 11.4 Å². The largest absolute Gasteiger partial charge is 0.497 e. The van der Waals surface area contributed by atoms with Crippen molar-refractivity contribution in [3.8, 4) is 5.75 Å². The zero-order chi connectivity index (χ0) is 18.6. The maximum absolute atomic E-state index is 12.8. The number of para-hydroxylation sites is 1. The second kappa shape index (κ2) is 7.57. The van der Waals surface area contributed by atoms with Crippen LogP contribution in [0.1, 0.15) is 6.92 Å². The second-order valence-electron chi connectivity index (χ2n) is 5.67. The molecule has 0 spiro atoms. The van der Waals surface area contributed by atoms with Crippen LogP contribution >= 0.6 is 0 Å². The van der Waals surface area contributed by atoms with Crippen LogP contribution in [-0.4, -0.2) is 40.8 Å². The van der Waals surface area contributed by atoms with Gasteiger partial charge >= 0.3 is 0 Å². The Bertz CT molecular complexity index is 820. The molecule has 2 aromatic carbocycles. The lowest BCUT2D eigenvalue weighted by Gasteiger charge is -2.31. The lowest BCUT2D eigenvalue weighted by atomic mass is 10.2. The third-order valence-electron chi connectivity index (χ3n) is 3.87. The highest BCUT2D eigenvalue weighted by Crippen LogP contribution is 2.25. The first-order chi connectivity index (χ1) is 11.8. The zero-order valence-corrected chi connectivity index (χ0v) is 15.5. The van der Waals surface area contributed by atoms with E-state index >= 15 is 0 Å². The maximum Gasteiger partial charge on any atom is 0.250 e. The molecule has 2 rings (SSSR count). The number of hydrogen-bond acceptors (Lipinski definition) is 4. The lowest BCUT2D eigenvalue weighted by molar-refractivity contribution is -0.119. The Morgan fingerprint density at radius 3 is 2.04 bits per heavy atom. The summed E-state index contributed by atoms with van der Waals surface area (Å²) in [5.74, 6) is 0.282. The molecule has 7 heteroatoms. The number of amides is 1. The summed E-state index contributed by atoms with van der Waals surface area (Å²) in [6.07, 6.45) is 1.09. The fourth-order valence-electron chi connectivity index (χ4n) is 2.59. The molecule has 0 N–H and O–H groups in total. The Balaban J connectivity index is 2.35. The average Bonchev–Trinajstić information content (AvgIpc) is 2.60. The third-order valence-corrected chi connectivity index (χ3v) is 5.11. The highest BCUT2D eigenvalue weighted by Gasteiger charge is 2.31. The molecule has 134 valence electrons. The number of rotatable bonds is 6. The minimum absolute atomic E-state index is 0.326. The minimum Gasteiger partial charge on any atom is -0.497 e. The predicted octanol–water partition coefficient (Wildman–Crippen LogP) is 2.51. The molecule has 0 bridgehead atoms. The Morgan fingerprint density at radius 1 is 1.00 bits per heavy atom. The molecule has 0 saturated carbocycles. The van der Waals surface area contributed by atoms with Gasteiger partial charge in [-0.25, -0.2) is 8.42 Å².